The minimum Gasteiger partial charge on any atom is -0.310 e. The first-order chi connectivity index (χ1) is 34.4. The standard InChI is InChI=1S/C68H52N2/c1-4-5-8-21-51-44-65-62-42-40-57(70(53-26-11-7-12-27-53)55-38-34-50(35-39-55)61-31-18-23-48-20-14-16-29-59(48)61)46-66(62)68(2,3)67(65)63-43-41-56(45-64(51)63)69(52-24-9-6-10-25-52)54-36-32-49(33-37-54)60-30-17-22-47-19-13-15-28-58(47)60/h4-46H,1-3H3/b5-4-,21-8-. The van der Waals surface area contributed by atoms with Crippen molar-refractivity contribution >= 4 is 72.5 Å². The normalized spacial score (nSPS) is 12.8. The molecule has 12 rings (SSSR count). The van der Waals surface area contributed by atoms with E-state index < -0.39 is 0 Å². The summed E-state index contributed by atoms with van der Waals surface area (Å²) in [6.45, 7) is 6.88. The fraction of sp³-hybridized carbons (Fsp3) is 0.0588. The zero-order valence-corrected chi connectivity index (χ0v) is 39.7. The van der Waals surface area contributed by atoms with Gasteiger partial charge in [0.15, 0.2) is 0 Å². The Morgan fingerprint density at radius 3 is 1.37 bits per heavy atom. The van der Waals surface area contributed by atoms with Crippen LogP contribution in [0.2, 0.25) is 0 Å². The molecule has 0 aliphatic heterocycles. The summed E-state index contributed by atoms with van der Waals surface area (Å²) in [6, 6.07) is 86.7. The van der Waals surface area contributed by atoms with Gasteiger partial charge in [-0.15, -0.1) is 0 Å². The molecule has 0 heterocycles. The number of hydrogen-bond donors (Lipinski definition) is 0. The lowest BCUT2D eigenvalue weighted by Gasteiger charge is -2.29. The second kappa shape index (κ2) is 17.7. The highest BCUT2D eigenvalue weighted by molar-refractivity contribution is 6.05. The SMILES string of the molecule is C/C=C\C=C/c1cc2c(c3ccc(N(c4ccccc4)c4ccc(-c5cccc6ccccc56)cc4)cc13)C(C)(C)c1cc(N(c3ccccc3)c3ccc(-c4cccc5ccccc45)cc3)ccc1-2. The predicted octanol–water partition coefficient (Wildman–Crippen LogP) is 19.3. The number of anilines is 6. The Morgan fingerprint density at radius 1 is 0.343 bits per heavy atom. The minimum atomic E-state index is -0.289. The molecule has 0 radical (unpaired) electrons. The monoisotopic (exact) mass is 896 g/mol. The first-order valence-corrected chi connectivity index (χ1v) is 24.4. The van der Waals surface area contributed by atoms with Gasteiger partial charge in [-0.3, -0.25) is 0 Å². The fourth-order valence-electron chi connectivity index (χ4n) is 11.0. The maximum absolute atomic E-state index is 2.44. The van der Waals surface area contributed by atoms with E-state index in [0.29, 0.717) is 0 Å². The molecule has 0 aromatic heterocycles. The fourth-order valence-corrected chi connectivity index (χ4v) is 11.0. The van der Waals surface area contributed by atoms with Crippen molar-refractivity contribution in [3.8, 4) is 33.4 Å². The minimum absolute atomic E-state index is 0.289. The van der Waals surface area contributed by atoms with Gasteiger partial charge in [0.2, 0.25) is 0 Å². The molecule has 2 nitrogen and oxygen atoms in total. The zero-order valence-electron chi connectivity index (χ0n) is 39.7. The van der Waals surface area contributed by atoms with Gasteiger partial charge in [0, 0.05) is 39.5 Å². The average Bonchev–Trinajstić information content (AvgIpc) is 3.64. The molecule has 0 bridgehead atoms. The van der Waals surface area contributed by atoms with Crippen LogP contribution >= 0.6 is 0 Å². The second-order valence-electron chi connectivity index (χ2n) is 18.8. The predicted molar refractivity (Wildman–Crippen MR) is 301 cm³/mol. The van der Waals surface area contributed by atoms with E-state index in [1.165, 1.54) is 82.4 Å². The summed E-state index contributed by atoms with van der Waals surface area (Å²) >= 11 is 0. The van der Waals surface area contributed by atoms with Gasteiger partial charge in [0.1, 0.15) is 0 Å². The van der Waals surface area contributed by atoms with Crippen LogP contribution in [-0.4, -0.2) is 0 Å². The van der Waals surface area contributed by atoms with Crippen molar-refractivity contribution in [3.05, 3.63) is 272 Å². The number of benzene rings is 11. The summed E-state index contributed by atoms with van der Waals surface area (Å²) < 4.78 is 0. The molecule has 0 fully saturated rings. The molecule has 0 N–H and O–H groups in total. The summed E-state index contributed by atoms with van der Waals surface area (Å²) in [5, 5.41) is 7.52. The summed E-state index contributed by atoms with van der Waals surface area (Å²) in [5.74, 6) is 0. The van der Waals surface area contributed by atoms with Crippen LogP contribution in [0.15, 0.2) is 255 Å². The maximum atomic E-state index is 2.44. The van der Waals surface area contributed by atoms with E-state index in [9.17, 15) is 0 Å². The number of allylic oxidation sites excluding steroid dienone is 3. The second-order valence-corrected chi connectivity index (χ2v) is 18.8. The molecule has 70 heavy (non-hydrogen) atoms. The highest BCUT2D eigenvalue weighted by Crippen LogP contribution is 2.54. The van der Waals surface area contributed by atoms with Crippen molar-refractivity contribution in [2.45, 2.75) is 26.2 Å². The lowest BCUT2D eigenvalue weighted by molar-refractivity contribution is 0.666. The molecule has 0 spiro atoms. The van der Waals surface area contributed by atoms with Crippen LogP contribution in [0.1, 0.15) is 37.5 Å². The molecule has 11 aromatic carbocycles. The van der Waals surface area contributed by atoms with E-state index in [2.05, 4.69) is 291 Å². The van der Waals surface area contributed by atoms with Crippen molar-refractivity contribution in [1.82, 2.24) is 0 Å². The molecule has 0 saturated heterocycles. The summed E-state index contributed by atoms with van der Waals surface area (Å²) in [7, 11) is 0. The summed E-state index contributed by atoms with van der Waals surface area (Å²) in [6.07, 6.45) is 8.65. The maximum Gasteiger partial charge on any atom is 0.0468 e. The van der Waals surface area contributed by atoms with Crippen molar-refractivity contribution in [3.63, 3.8) is 0 Å². The van der Waals surface area contributed by atoms with Crippen LogP contribution in [0, 0.1) is 0 Å². The van der Waals surface area contributed by atoms with Crippen LogP contribution in [-0.2, 0) is 5.41 Å². The van der Waals surface area contributed by atoms with Crippen LogP contribution in [0.3, 0.4) is 0 Å². The third-order valence-corrected chi connectivity index (χ3v) is 14.3. The molecule has 11 aromatic rings. The first kappa shape index (κ1) is 42.6. The van der Waals surface area contributed by atoms with E-state index in [4.69, 9.17) is 0 Å². The number of rotatable bonds is 10. The van der Waals surface area contributed by atoms with Gasteiger partial charge in [0.25, 0.3) is 0 Å². The topological polar surface area (TPSA) is 6.48 Å². The number of nitrogens with zero attached hydrogens (tertiary/aromatic N) is 2. The Labute approximate surface area is 411 Å². The van der Waals surface area contributed by atoms with E-state index in [-0.39, 0.29) is 5.41 Å². The zero-order chi connectivity index (χ0) is 47.2. The quantitative estimate of drug-likeness (QED) is 0.126. The lowest BCUT2D eigenvalue weighted by atomic mass is 9.79. The summed E-state index contributed by atoms with van der Waals surface area (Å²) in [4.78, 5) is 4.78. The van der Waals surface area contributed by atoms with E-state index in [0.717, 1.165) is 34.1 Å². The van der Waals surface area contributed by atoms with Gasteiger partial charge in [-0.2, -0.15) is 0 Å². The van der Waals surface area contributed by atoms with Gasteiger partial charge in [0.05, 0.1) is 0 Å². The highest BCUT2D eigenvalue weighted by Gasteiger charge is 2.38. The molecule has 334 valence electrons. The van der Waals surface area contributed by atoms with E-state index in [1.807, 2.05) is 0 Å². The van der Waals surface area contributed by atoms with Crippen LogP contribution < -0.4 is 9.80 Å². The van der Waals surface area contributed by atoms with E-state index in [1.54, 1.807) is 0 Å². The number of fused-ring (bicyclic) bond motifs is 7. The third-order valence-electron chi connectivity index (χ3n) is 14.3. The van der Waals surface area contributed by atoms with Gasteiger partial charge in [-0.05, 0) is 168 Å². The van der Waals surface area contributed by atoms with Crippen LogP contribution in [0.25, 0.3) is 71.8 Å². The third kappa shape index (κ3) is 7.46. The van der Waals surface area contributed by atoms with Gasteiger partial charge in [-0.25, -0.2) is 0 Å². The number of hydrogen-bond acceptors (Lipinski definition) is 2. The van der Waals surface area contributed by atoms with Crippen molar-refractivity contribution in [2.75, 3.05) is 9.80 Å². The van der Waals surface area contributed by atoms with Crippen molar-refractivity contribution in [1.29, 1.82) is 0 Å². The Balaban J connectivity index is 0.959. The Bertz CT molecular complexity index is 3780. The largest absolute Gasteiger partial charge is 0.310 e. The molecule has 0 saturated carbocycles. The average molecular weight is 897 g/mol. The smallest absolute Gasteiger partial charge is 0.0468 e. The Morgan fingerprint density at radius 2 is 0.814 bits per heavy atom. The molecule has 0 atom stereocenters. The molecular weight excluding hydrogens is 845 g/mol. The van der Waals surface area contributed by atoms with Crippen LogP contribution in [0.5, 0.6) is 0 Å². The van der Waals surface area contributed by atoms with E-state index >= 15 is 0 Å². The molecule has 1 aliphatic carbocycles. The lowest BCUT2D eigenvalue weighted by Crippen LogP contribution is -2.17. The van der Waals surface area contributed by atoms with Gasteiger partial charge < -0.3 is 9.80 Å². The summed E-state index contributed by atoms with van der Waals surface area (Å²) in [5.41, 5.74) is 17.7. The molecule has 2 heteroatoms. The molecule has 0 amide bonds. The highest BCUT2D eigenvalue weighted by atomic mass is 15.1. The van der Waals surface area contributed by atoms with Crippen molar-refractivity contribution < 1.29 is 0 Å². The number of para-hydroxylation sites is 2. The Kier molecular flexibility index (Phi) is 10.8. The van der Waals surface area contributed by atoms with Crippen molar-refractivity contribution in [2.24, 2.45) is 0 Å². The van der Waals surface area contributed by atoms with Gasteiger partial charge >= 0.3 is 0 Å². The molecule has 0 unspecified atom stereocenters. The first-order valence-electron chi connectivity index (χ1n) is 24.4. The van der Waals surface area contributed by atoms with Gasteiger partial charge in [-0.1, -0.05) is 196 Å². The molecule has 1 aliphatic rings. The molecular formula is C68H52N2. The Hall–Kier alpha value is -8.72. The van der Waals surface area contributed by atoms with Crippen LogP contribution in [0.4, 0.5) is 34.1 Å².